The Morgan fingerprint density at radius 3 is 3.00 bits per heavy atom. The SMILES string of the molecule is O=C(NCC1CCCS1)[C@@H]1Cc2ccccc2CN1. The summed E-state index contributed by atoms with van der Waals surface area (Å²) in [5.74, 6) is 1.40. The van der Waals surface area contributed by atoms with Crippen LogP contribution in [-0.4, -0.2) is 29.5 Å². The standard InChI is InChI=1S/C15H20N2OS/c18-15(17-10-13-6-3-7-19-13)14-8-11-4-1-2-5-12(11)9-16-14/h1-2,4-5,13-14,16H,3,6-10H2,(H,17,18)/t13?,14-/m0/s1. The van der Waals surface area contributed by atoms with Crippen LogP contribution >= 0.6 is 11.8 Å². The summed E-state index contributed by atoms with van der Waals surface area (Å²) in [6, 6.07) is 8.29. The minimum absolute atomic E-state index is 0.0682. The fourth-order valence-electron chi connectivity index (χ4n) is 2.78. The monoisotopic (exact) mass is 276 g/mol. The first-order chi connectivity index (χ1) is 9.33. The molecule has 2 heterocycles. The van der Waals surface area contributed by atoms with Crippen molar-refractivity contribution >= 4 is 17.7 Å². The van der Waals surface area contributed by atoms with Crippen LogP contribution in [-0.2, 0) is 17.8 Å². The zero-order valence-corrected chi connectivity index (χ0v) is 11.8. The number of fused-ring (bicyclic) bond motifs is 1. The average molecular weight is 276 g/mol. The maximum atomic E-state index is 12.2. The highest BCUT2D eigenvalue weighted by Crippen LogP contribution is 2.25. The van der Waals surface area contributed by atoms with Crippen molar-refractivity contribution in [1.82, 2.24) is 10.6 Å². The van der Waals surface area contributed by atoms with E-state index in [1.165, 1.54) is 29.7 Å². The van der Waals surface area contributed by atoms with Gasteiger partial charge in [-0.15, -0.1) is 0 Å². The molecule has 2 aliphatic rings. The van der Waals surface area contributed by atoms with Crippen molar-refractivity contribution in [2.75, 3.05) is 12.3 Å². The maximum absolute atomic E-state index is 12.2. The van der Waals surface area contributed by atoms with Gasteiger partial charge in [0.25, 0.3) is 0 Å². The van der Waals surface area contributed by atoms with Crippen LogP contribution in [0.15, 0.2) is 24.3 Å². The summed E-state index contributed by atoms with van der Waals surface area (Å²) in [4.78, 5) is 12.2. The summed E-state index contributed by atoms with van der Waals surface area (Å²) in [7, 11) is 0. The molecule has 102 valence electrons. The van der Waals surface area contributed by atoms with Gasteiger partial charge in [0.1, 0.15) is 0 Å². The normalized spacial score (nSPS) is 25.9. The number of carbonyl (C=O) groups excluding carboxylic acids is 1. The van der Waals surface area contributed by atoms with E-state index in [0.717, 1.165) is 19.5 Å². The number of hydrogen-bond acceptors (Lipinski definition) is 3. The highest BCUT2D eigenvalue weighted by molar-refractivity contribution is 8.00. The van der Waals surface area contributed by atoms with Gasteiger partial charge in [-0.25, -0.2) is 0 Å². The Hall–Kier alpha value is -1.00. The molecule has 3 nitrogen and oxygen atoms in total. The van der Waals surface area contributed by atoms with Crippen LogP contribution in [0.2, 0.25) is 0 Å². The first-order valence-electron chi connectivity index (χ1n) is 7.02. The summed E-state index contributed by atoms with van der Waals surface area (Å²) in [5.41, 5.74) is 2.62. The summed E-state index contributed by atoms with van der Waals surface area (Å²) >= 11 is 1.98. The Balaban J connectivity index is 1.54. The molecule has 19 heavy (non-hydrogen) atoms. The van der Waals surface area contributed by atoms with Crippen LogP contribution in [0.1, 0.15) is 24.0 Å². The van der Waals surface area contributed by atoms with E-state index in [1.807, 2.05) is 17.8 Å². The Morgan fingerprint density at radius 1 is 1.37 bits per heavy atom. The third-order valence-corrected chi connectivity index (χ3v) is 5.32. The molecule has 0 saturated carbocycles. The van der Waals surface area contributed by atoms with Gasteiger partial charge >= 0.3 is 0 Å². The molecule has 2 N–H and O–H groups in total. The second-order valence-corrected chi connectivity index (χ2v) is 6.69. The lowest BCUT2D eigenvalue weighted by atomic mass is 9.95. The highest BCUT2D eigenvalue weighted by atomic mass is 32.2. The van der Waals surface area contributed by atoms with Gasteiger partial charge < -0.3 is 10.6 Å². The van der Waals surface area contributed by atoms with Crippen LogP contribution in [0.4, 0.5) is 0 Å². The molecule has 1 amide bonds. The van der Waals surface area contributed by atoms with E-state index in [0.29, 0.717) is 5.25 Å². The average Bonchev–Trinajstić information content (AvgIpc) is 2.97. The van der Waals surface area contributed by atoms with Crippen molar-refractivity contribution in [2.45, 2.75) is 37.1 Å². The van der Waals surface area contributed by atoms with Crippen LogP contribution in [0.25, 0.3) is 0 Å². The van der Waals surface area contributed by atoms with Crippen molar-refractivity contribution < 1.29 is 4.79 Å². The molecule has 0 aliphatic carbocycles. The third kappa shape index (κ3) is 3.12. The lowest BCUT2D eigenvalue weighted by Crippen LogP contribution is -2.48. The quantitative estimate of drug-likeness (QED) is 0.883. The van der Waals surface area contributed by atoms with Gasteiger partial charge in [0.05, 0.1) is 6.04 Å². The molecule has 0 aromatic heterocycles. The molecule has 0 spiro atoms. The van der Waals surface area contributed by atoms with Gasteiger partial charge in [-0.2, -0.15) is 11.8 Å². The molecule has 1 saturated heterocycles. The predicted molar refractivity (Wildman–Crippen MR) is 79.3 cm³/mol. The number of benzene rings is 1. The van der Waals surface area contributed by atoms with Crippen LogP contribution < -0.4 is 10.6 Å². The van der Waals surface area contributed by atoms with Gasteiger partial charge in [-0.3, -0.25) is 4.79 Å². The van der Waals surface area contributed by atoms with Gasteiger partial charge in [0.2, 0.25) is 5.91 Å². The third-order valence-electron chi connectivity index (χ3n) is 3.93. The molecule has 3 rings (SSSR count). The Morgan fingerprint density at radius 2 is 2.21 bits per heavy atom. The lowest BCUT2D eigenvalue weighted by molar-refractivity contribution is -0.123. The summed E-state index contributed by atoms with van der Waals surface area (Å²) in [6.07, 6.45) is 3.34. The number of amides is 1. The van der Waals surface area contributed by atoms with E-state index >= 15 is 0 Å². The fraction of sp³-hybridized carbons (Fsp3) is 0.533. The topological polar surface area (TPSA) is 41.1 Å². The fourth-order valence-corrected chi connectivity index (χ4v) is 3.98. The molecule has 1 aromatic rings. The Bertz CT molecular complexity index is 457. The molecule has 4 heteroatoms. The zero-order chi connectivity index (χ0) is 13.1. The Kier molecular flexibility index (Phi) is 4.09. The van der Waals surface area contributed by atoms with E-state index in [9.17, 15) is 4.79 Å². The summed E-state index contributed by atoms with van der Waals surface area (Å²) < 4.78 is 0. The van der Waals surface area contributed by atoms with E-state index in [2.05, 4.69) is 28.8 Å². The van der Waals surface area contributed by atoms with Crippen LogP contribution in [0, 0.1) is 0 Å². The largest absolute Gasteiger partial charge is 0.354 e. The number of thioether (sulfide) groups is 1. The molecule has 1 unspecified atom stereocenters. The second kappa shape index (κ2) is 5.97. The maximum Gasteiger partial charge on any atom is 0.237 e. The molecule has 0 bridgehead atoms. The number of hydrogen-bond donors (Lipinski definition) is 2. The van der Waals surface area contributed by atoms with Crippen molar-refractivity contribution in [3.05, 3.63) is 35.4 Å². The number of carbonyl (C=O) groups is 1. The predicted octanol–water partition coefficient (Wildman–Crippen LogP) is 1.71. The van der Waals surface area contributed by atoms with E-state index in [1.54, 1.807) is 0 Å². The molecular formula is C15H20N2OS. The molecule has 0 radical (unpaired) electrons. The first kappa shape index (κ1) is 13.0. The molecule has 2 aliphatic heterocycles. The van der Waals surface area contributed by atoms with Gasteiger partial charge in [0, 0.05) is 18.3 Å². The highest BCUT2D eigenvalue weighted by Gasteiger charge is 2.24. The molecular weight excluding hydrogens is 256 g/mol. The van der Waals surface area contributed by atoms with Crippen molar-refractivity contribution in [1.29, 1.82) is 0 Å². The second-order valence-electron chi connectivity index (χ2n) is 5.29. The Labute approximate surface area is 118 Å². The first-order valence-corrected chi connectivity index (χ1v) is 8.07. The smallest absolute Gasteiger partial charge is 0.237 e. The van der Waals surface area contributed by atoms with Crippen molar-refractivity contribution in [3.63, 3.8) is 0 Å². The summed E-state index contributed by atoms with van der Waals surface area (Å²) in [6.45, 7) is 1.62. The van der Waals surface area contributed by atoms with Crippen LogP contribution in [0.3, 0.4) is 0 Å². The van der Waals surface area contributed by atoms with E-state index in [-0.39, 0.29) is 11.9 Å². The summed E-state index contributed by atoms with van der Waals surface area (Å²) in [5, 5.41) is 7.06. The van der Waals surface area contributed by atoms with Crippen LogP contribution in [0.5, 0.6) is 0 Å². The van der Waals surface area contributed by atoms with Crippen molar-refractivity contribution in [3.8, 4) is 0 Å². The zero-order valence-electron chi connectivity index (χ0n) is 11.0. The number of rotatable bonds is 3. The van der Waals surface area contributed by atoms with Gasteiger partial charge in [-0.1, -0.05) is 24.3 Å². The molecule has 2 atom stereocenters. The van der Waals surface area contributed by atoms with Gasteiger partial charge in [0.15, 0.2) is 0 Å². The molecule has 1 fully saturated rings. The minimum Gasteiger partial charge on any atom is -0.354 e. The van der Waals surface area contributed by atoms with Gasteiger partial charge in [-0.05, 0) is 36.1 Å². The van der Waals surface area contributed by atoms with E-state index in [4.69, 9.17) is 0 Å². The van der Waals surface area contributed by atoms with E-state index < -0.39 is 0 Å². The minimum atomic E-state index is -0.0682. The van der Waals surface area contributed by atoms with Crippen molar-refractivity contribution in [2.24, 2.45) is 0 Å². The molecule has 1 aromatic carbocycles. The lowest BCUT2D eigenvalue weighted by Gasteiger charge is -2.25. The number of nitrogens with one attached hydrogen (secondary N) is 2.